The van der Waals surface area contributed by atoms with E-state index in [2.05, 4.69) is 6.58 Å². The highest BCUT2D eigenvalue weighted by Gasteiger charge is 2.32. The largest absolute Gasteiger partial charge is 0.496 e. The van der Waals surface area contributed by atoms with E-state index in [0.717, 1.165) is 34.8 Å². The van der Waals surface area contributed by atoms with E-state index in [9.17, 15) is 0 Å². The Kier molecular flexibility index (Phi) is 2.77. The Morgan fingerprint density at radius 3 is 2.53 bits per heavy atom. The fourth-order valence-electron chi connectivity index (χ4n) is 1.93. The molecule has 0 saturated heterocycles. The molecule has 0 aliphatic carbocycles. The Hall–Kier alpha value is -1.64. The summed E-state index contributed by atoms with van der Waals surface area (Å²) in [4.78, 5) is 0. The minimum atomic E-state index is -0.343. The first-order valence-electron chi connectivity index (χ1n) is 5.60. The molecule has 2 rings (SSSR count). The third-order valence-corrected chi connectivity index (χ3v) is 3.20. The molecule has 3 nitrogen and oxygen atoms in total. The Morgan fingerprint density at radius 2 is 1.94 bits per heavy atom. The molecule has 0 amide bonds. The molecule has 0 radical (unpaired) electrons. The van der Waals surface area contributed by atoms with E-state index in [1.54, 1.807) is 14.2 Å². The van der Waals surface area contributed by atoms with E-state index >= 15 is 0 Å². The summed E-state index contributed by atoms with van der Waals surface area (Å²) in [6.45, 7) is 8.11. The van der Waals surface area contributed by atoms with Crippen molar-refractivity contribution in [1.82, 2.24) is 0 Å². The average Bonchev–Trinajstić information content (AvgIpc) is 2.29. The SMILES string of the molecule is C=C1Cc2c(OC)cc(OC)cc2OC1(C)C. The second-order valence-corrected chi connectivity index (χ2v) is 4.70. The maximum atomic E-state index is 5.96. The summed E-state index contributed by atoms with van der Waals surface area (Å²) in [6.07, 6.45) is 0.773. The van der Waals surface area contributed by atoms with Crippen LogP contribution >= 0.6 is 0 Å². The van der Waals surface area contributed by atoms with Crippen LogP contribution in [0.2, 0.25) is 0 Å². The summed E-state index contributed by atoms with van der Waals surface area (Å²) in [5, 5.41) is 0. The van der Waals surface area contributed by atoms with Crippen molar-refractivity contribution in [2.75, 3.05) is 14.2 Å². The molecule has 0 bridgehead atoms. The summed E-state index contributed by atoms with van der Waals surface area (Å²) in [7, 11) is 3.28. The fraction of sp³-hybridized carbons (Fsp3) is 0.429. The molecule has 0 unspecified atom stereocenters. The van der Waals surface area contributed by atoms with Crippen molar-refractivity contribution in [3.63, 3.8) is 0 Å². The molecule has 1 aliphatic rings. The summed E-state index contributed by atoms with van der Waals surface area (Å²) < 4.78 is 16.6. The molecular formula is C14H18O3. The van der Waals surface area contributed by atoms with Crippen molar-refractivity contribution in [3.05, 3.63) is 29.8 Å². The number of hydrogen-bond donors (Lipinski definition) is 0. The van der Waals surface area contributed by atoms with E-state index < -0.39 is 0 Å². The molecule has 92 valence electrons. The van der Waals surface area contributed by atoms with E-state index in [1.165, 1.54) is 0 Å². The van der Waals surface area contributed by atoms with Crippen LogP contribution in [0.4, 0.5) is 0 Å². The summed E-state index contributed by atoms with van der Waals surface area (Å²) in [5.74, 6) is 2.35. The molecule has 0 spiro atoms. The quantitative estimate of drug-likeness (QED) is 0.736. The van der Waals surface area contributed by atoms with Gasteiger partial charge in [0.1, 0.15) is 22.8 Å². The van der Waals surface area contributed by atoms with Crippen LogP contribution in [0.5, 0.6) is 17.2 Å². The summed E-state index contributed by atoms with van der Waals surface area (Å²) in [5.41, 5.74) is 1.75. The number of rotatable bonds is 2. The van der Waals surface area contributed by atoms with Crippen molar-refractivity contribution in [3.8, 4) is 17.2 Å². The highest BCUT2D eigenvalue weighted by molar-refractivity contribution is 5.54. The van der Waals surface area contributed by atoms with Gasteiger partial charge in [-0.3, -0.25) is 0 Å². The maximum Gasteiger partial charge on any atom is 0.131 e. The maximum absolute atomic E-state index is 5.96. The molecule has 1 aromatic rings. The van der Waals surface area contributed by atoms with Gasteiger partial charge in [0.15, 0.2) is 0 Å². The van der Waals surface area contributed by atoms with Gasteiger partial charge in [0.25, 0.3) is 0 Å². The van der Waals surface area contributed by atoms with Gasteiger partial charge in [0.05, 0.1) is 14.2 Å². The van der Waals surface area contributed by atoms with Gasteiger partial charge in [-0.25, -0.2) is 0 Å². The lowest BCUT2D eigenvalue weighted by molar-refractivity contribution is 0.132. The molecule has 0 fully saturated rings. The molecular weight excluding hydrogens is 216 g/mol. The highest BCUT2D eigenvalue weighted by Crippen LogP contribution is 2.42. The van der Waals surface area contributed by atoms with E-state index in [-0.39, 0.29) is 5.60 Å². The van der Waals surface area contributed by atoms with Gasteiger partial charge in [0.2, 0.25) is 0 Å². The van der Waals surface area contributed by atoms with Gasteiger partial charge in [-0.1, -0.05) is 6.58 Å². The van der Waals surface area contributed by atoms with Crippen LogP contribution < -0.4 is 14.2 Å². The van der Waals surface area contributed by atoms with Crippen LogP contribution in [0.25, 0.3) is 0 Å². The topological polar surface area (TPSA) is 27.7 Å². The van der Waals surface area contributed by atoms with Gasteiger partial charge in [0, 0.05) is 24.1 Å². The Balaban J connectivity index is 2.53. The normalized spacial score (nSPS) is 17.1. The predicted molar refractivity (Wildman–Crippen MR) is 67.1 cm³/mol. The molecule has 0 aromatic heterocycles. The van der Waals surface area contributed by atoms with Gasteiger partial charge < -0.3 is 14.2 Å². The lowest BCUT2D eigenvalue weighted by Crippen LogP contribution is -2.35. The molecule has 0 atom stereocenters. The van der Waals surface area contributed by atoms with Crippen LogP contribution in [0.15, 0.2) is 24.3 Å². The minimum Gasteiger partial charge on any atom is -0.496 e. The summed E-state index contributed by atoms with van der Waals surface area (Å²) >= 11 is 0. The van der Waals surface area contributed by atoms with Gasteiger partial charge in [-0.2, -0.15) is 0 Å². The molecule has 0 N–H and O–H groups in total. The smallest absolute Gasteiger partial charge is 0.131 e. The zero-order valence-electron chi connectivity index (χ0n) is 10.8. The third-order valence-electron chi connectivity index (χ3n) is 3.20. The zero-order valence-corrected chi connectivity index (χ0v) is 10.8. The van der Waals surface area contributed by atoms with Crippen molar-refractivity contribution >= 4 is 0 Å². The minimum absolute atomic E-state index is 0.343. The standard InChI is InChI=1S/C14H18O3/c1-9-6-11-12(16-5)7-10(15-4)8-13(11)17-14(9,2)3/h7-8H,1,6H2,2-5H3. The molecule has 0 saturated carbocycles. The van der Waals surface area contributed by atoms with Crippen molar-refractivity contribution < 1.29 is 14.2 Å². The Morgan fingerprint density at radius 1 is 1.24 bits per heavy atom. The van der Waals surface area contributed by atoms with Crippen LogP contribution in [0.3, 0.4) is 0 Å². The lowest BCUT2D eigenvalue weighted by atomic mass is 9.89. The van der Waals surface area contributed by atoms with E-state index in [0.29, 0.717) is 0 Å². The molecule has 17 heavy (non-hydrogen) atoms. The second kappa shape index (κ2) is 3.99. The van der Waals surface area contributed by atoms with Gasteiger partial charge in [-0.05, 0) is 19.4 Å². The monoisotopic (exact) mass is 234 g/mol. The van der Waals surface area contributed by atoms with Crippen LogP contribution in [0.1, 0.15) is 19.4 Å². The second-order valence-electron chi connectivity index (χ2n) is 4.70. The summed E-state index contributed by atoms with van der Waals surface area (Å²) in [6, 6.07) is 3.76. The zero-order chi connectivity index (χ0) is 12.6. The number of benzene rings is 1. The molecule has 3 heteroatoms. The van der Waals surface area contributed by atoms with Crippen molar-refractivity contribution in [2.24, 2.45) is 0 Å². The number of ether oxygens (including phenoxy) is 3. The first-order chi connectivity index (χ1) is 7.97. The lowest BCUT2D eigenvalue weighted by Gasteiger charge is -2.35. The van der Waals surface area contributed by atoms with Crippen LogP contribution in [0, 0.1) is 0 Å². The van der Waals surface area contributed by atoms with E-state index in [1.807, 2.05) is 26.0 Å². The average molecular weight is 234 g/mol. The Labute approximate surface area is 102 Å². The van der Waals surface area contributed by atoms with E-state index in [4.69, 9.17) is 14.2 Å². The van der Waals surface area contributed by atoms with Crippen molar-refractivity contribution in [1.29, 1.82) is 0 Å². The van der Waals surface area contributed by atoms with Crippen LogP contribution in [-0.2, 0) is 6.42 Å². The molecule has 1 heterocycles. The first kappa shape index (κ1) is 11.8. The van der Waals surface area contributed by atoms with Crippen LogP contribution in [-0.4, -0.2) is 19.8 Å². The number of hydrogen-bond acceptors (Lipinski definition) is 3. The molecule has 1 aliphatic heterocycles. The van der Waals surface area contributed by atoms with Gasteiger partial charge >= 0.3 is 0 Å². The van der Waals surface area contributed by atoms with Crippen molar-refractivity contribution in [2.45, 2.75) is 25.9 Å². The first-order valence-corrected chi connectivity index (χ1v) is 5.60. The number of methoxy groups -OCH3 is 2. The number of fused-ring (bicyclic) bond motifs is 1. The third kappa shape index (κ3) is 1.97. The fourth-order valence-corrected chi connectivity index (χ4v) is 1.93. The predicted octanol–water partition coefficient (Wildman–Crippen LogP) is 2.97. The molecule has 1 aromatic carbocycles. The highest BCUT2D eigenvalue weighted by atomic mass is 16.5. The Bertz CT molecular complexity index is 461. The van der Waals surface area contributed by atoms with Gasteiger partial charge in [-0.15, -0.1) is 0 Å².